The van der Waals surface area contributed by atoms with Crippen LogP contribution >= 0.6 is 0 Å². The second-order valence-corrected chi connectivity index (χ2v) is 6.20. The van der Waals surface area contributed by atoms with E-state index in [1.165, 1.54) is 5.56 Å². The van der Waals surface area contributed by atoms with Gasteiger partial charge in [0, 0.05) is 32.1 Å². The molecule has 114 valence electrons. The van der Waals surface area contributed by atoms with Crippen LogP contribution in [0.4, 0.5) is 0 Å². The Balaban J connectivity index is 1.51. The molecule has 0 aromatic heterocycles. The molecule has 1 saturated carbocycles. The number of rotatable bonds is 5. The van der Waals surface area contributed by atoms with Crippen LogP contribution in [0.5, 0.6) is 0 Å². The number of benzene rings is 1. The van der Waals surface area contributed by atoms with E-state index in [4.69, 9.17) is 4.74 Å². The lowest BCUT2D eigenvalue weighted by atomic mass is 10.1. The quantitative estimate of drug-likeness (QED) is 0.902. The van der Waals surface area contributed by atoms with Gasteiger partial charge in [-0.25, -0.2) is 0 Å². The molecule has 1 amide bonds. The van der Waals surface area contributed by atoms with Gasteiger partial charge in [0.1, 0.15) is 0 Å². The summed E-state index contributed by atoms with van der Waals surface area (Å²) in [5.41, 5.74) is 1.22. The van der Waals surface area contributed by atoms with Gasteiger partial charge in [-0.2, -0.15) is 0 Å². The molecule has 1 heterocycles. The van der Waals surface area contributed by atoms with E-state index in [0.29, 0.717) is 12.5 Å². The molecule has 1 aliphatic carbocycles. The van der Waals surface area contributed by atoms with Crippen molar-refractivity contribution in [1.29, 1.82) is 0 Å². The molecule has 4 heteroatoms. The lowest BCUT2D eigenvalue weighted by Crippen LogP contribution is -2.44. The SMILES string of the molecule is CC1CN(CCC(=O)NC2CC2)CC(c2ccccc2)O1. The lowest BCUT2D eigenvalue weighted by Gasteiger charge is -2.37. The van der Waals surface area contributed by atoms with E-state index >= 15 is 0 Å². The first kappa shape index (κ1) is 14.5. The Labute approximate surface area is 126 Å². The molecule has 1 aromatic rings. The summed E-state index contributed by atoms with van der Waals surface area (Å²) >= 11 is 0. The van der Waals surface area contributed by atoms with Crippen molar-refractivity contribution in [3.63, 3.8) is 0 Å². The Bertz CT molecular complexity index is 473. The fourth-order valence-corrected chi connectivity index (χ4v) is 2.86. The van der Waals surface area contributed by atoms with E-state index in [1.54, 1.807) is 0 Å². The van der Waals surface area contributed by atoms with Crippen LogP contribution in [0.3, 0.4) is 0 Å². The van der Waals surface area contributed by atoms with E-state index < -0.39 is 0 Å². The summed E-state index contributed by atoms with van der Waals surface area (Å²) in [4.78, 5) is 14.1. The Morgan fingerprint density at radius 3 is 2.76 bits per heavy atom. The zero-order chi connectivity index (χ0) is 14.7. The number of hydrogen-bond donors (Lipinski definition) is 1. The Hall–Kier alpha value is -1.39. The number of carbonyl (C=O) groups is 1. The molecule has 2 fully saturated rings. The normalized spacial score (nSPS) is 26.5. The number of ether oxygens (including phenoxy) is 1. The molecule has 1 saturated heterocycles. The highest BCUT2D eigenvalue weighted by Crippen LogP contribution is 2.25. The number of amides is 1. The first-order valence-corrected chi connectivity index (χ1v) is 7.93. The monoisotopic (exact) mass is 288 g/mol. The zero-order valence-corrected chi connectivity index (χ0v) is 12.6. The topological polar surface area (TPSA) is 41.6 Å². The van der Waals surface area contributed by atoms with Crippen LogP contribution in [-0.4, -0.2) is 42.6 Å². The number of morpholine rings is 1. The molecule has 0 radical (unpaired) electrons. The molecule has 2 unspecified atom stereocenters. The molecule has 2 aliphatic rings. The van der Waals surface area contributed by atoms with Crippen LogP contribution < -0.4 is 5.32 Å². The summed E-state index contributed by atoms with van der Waals surface area (Å²) in [6, 6.07) is 10.8. The van der Waals surface area contributed by atoms with Gasteiger partial charge in [-0.05, 0) is 25.3 Å². The van der Waals surface area contributed by atoms with E-state index in [9.17, 15) is 4.79 Å². The predicted molar refractivity (Wildman–Crippen MR) is 82.0 cm³/mol. The van der Waals surface area contributed by atoms with Crippen LogP contribution in [0, 0.1) is 0 Å². The van der Waals surface area contributed by atoms with Crippen molar-refractivity contribution in [3.8, 4) is 0 Å². The predicted octanol–water partition coefficient (Wildman–Crippen LogP) is 2.12. The maximum atomic E-state index is 11.8. The fraction of sp³-hybridized carbons (Fsp3) is 0.588. The third-order valence-electron chi connectivity index (χ3n) is 4.10. The van der Waals surface area contributed by atoms with Crippen molar-refractivity contribution in [1.82, 2.24) is 10.2 Å². The molecule has 1 aromatic carbocycles. The highest BCUT2D eigenvalue weighted by Gasteiger charge is 2.27. The standard InChI is InChI=1S/C17H24N2O2/c1-13-11-19(10-9-17(20)18-15-7-8-15)12-16(21-13)14-5-3-2-4-6-14/h2-6,13,15-16H,7-12H2,1H3,(H,18,20). The van der Waals surface area contributed by atoms with Crippen molar-refractivity contribution in [3.05, 3.63) is 35.9 Å². The number of hydrogen-bond acceptors (Lipinski definition) is 3. The van der Waals surface area contributed by atoms with E-state index in [1.807, 2.05) is 18.2 Å². The van der Waals surface area contributed by atoms with Crippen LogP contribution in [0.25, 0.3) is 0 Å². The van der Waals surface area contributed by atoms with Gasteiger partial charge >= 0.3 is 0 Å². The second kappa shape index (κ2) is 6.58. The second-order valence-electron chi connectivity index (χ2n) is 6.20. The molecule has 0 spiro atoms. The minimum Gasteiger partial charge on any atom is -0.368 e. The molecule has 0 bridgehead atoms. The summed E-state index contributed by atoms with van der Waals surface area (Å²) in [7, 11) is 0. The average Bonchev–Trinajstić information content (AvgIpc) is 3.29. The van der Waals surface area contributed by atoms with Crippen LogP contribution in [-0.2, 0) is 9.53 Å². The van der Waals surface area contributed by atoms with E-state index in [-0.39, 0.29) is 18.1 Å². The highest BCUT2D eigenvalue weighted by atomic mass is 16.5. The zero-order valence-electron chi connectivity index (χ0n) is 12.6. The van der Waals surface area contributed by atoms with Gasteiger partial charge in [-0.15, -0.1) is 0 Å². The smallest absolute Gasteiger partial charge is 0.221 e. The first-order chi connectivity index (χ1) is 10.2. The van der Waals surface area contributed by atoms with Gasteiger partial charge in [0.25, 0.3) is 0 Å². The van der Waals surface area contributed by atoms with Crippen molar-refractivity contribution in [2.75, 3.05) is 19.6 Å². The van der Waals surface area contributed by atoms with Crippen molar-refractivity contribution in [2.45, 2.75) is 44.4 Å². The lowest BCUT2D eigenvalue weighted by molar-refractivity contribution is -0.122. The number of nitrogens with one attached hydrogen (secondary N) is 1. The maximum Gasteiger partial charge on any atom is 0.221 e. The highest BCUT2D eigenvalue weighted by molar-refractivity contribution is 5.76. The molecule has 3 rings (SSSR count). The molecular formula is C17H24N2O2. The molecule has 21 heavy (non-hydrogen) atoms. The summed E-state index contributed by atoms with van der Waals surface area (Å²) in [6.07, 6.45) is 3.20. The molecular weight excluding hydrogens is 264 g/mol. The van der Waals surface area contributed by atoms with Crippen LogP contribution in [0.15, 0.2) is 30.3 Å². The van der Waals surface area contributed by atoms with Crippen molar-refractivity contribution < 1.29 is 9.53 Å². The molecule has 1 N–H and O–H groups in total. The minimum atomic E-state index is 0.112. The molecule has 4 nitrogen and oxygen atoms in total. The summed E-state index contributed by atoms with van der Waals surface area (Å²) in [6.45, 7) is 4.69. The largest absolute Gasteiger partial charge is 0.368 e. The summed E-state index contributed by atoms with van der Waals surface area (Å²) in [5, 5.41) is 3.05. The van der Waals surface area contributed by atoms with Crippen LogP contribution in [0.1, 0.15) is 37.9 Å². The van der Waals surface area contributed by atoms with Gasteiger partial charge in [0.15, 0.2) is 0 Å². The third kappa shape index (κ3) is 4.29. The first-order valence-electron chi connectivity index (χ1n) is 7.93. The van der Waals surface area contributed by atoms with Gasteiger partial charge in [-0.3, -0.25) is 9.69 Å². The number of nitrogens with zero attached hydrogens (tertiary/aromatic N) is 1. The average molecular weight is 288 g/mol. The summed E-state index contributed by atoms with van der Waals surface area (Å²) in [5.74, 6) is 0.188. The Morgan fingerprint density at radius 1 is 1.29 bits per heavy atom. The Kier molecular flexibility index (Phi) is 4.56. The van der Waals surface area contributed by atoms with E-state index in [0.717, 1.165) is 32.5 Å². The van der Waals surface area contributed by atoms with Crippen LogP contribution in [0.2, 0.25) is 0 Å². The van der Waals surface area contributed by atoms with Gasteiger partial charge in [-0.1, -0.05) is 30.3 Å². The fourth-order valence-electron chi connectivity index (χ4n) is 2.86. The van der Waals surface area contributed by atoms with Crippen molar-refractivity contribution >= 4 is 5.91 Å². The molecule has 2 atom stereocenters. The van der Waals surface area contributed by atoms with Gasteiger partial charge in [0.2, 0.25) is 5.91 Å². The van der Waals surface area contributed by atoms with Gasteiger partial charge < -0.3 is 10.1 Å². The minimum absolute atomic E-state index is 0.112. The van der Waals surface area contributed by atoms with Crippen molar-refractivity contribution in [2.24, 2.45) is 0 Å². The van der Waals surface area contributed by atoms with E-state index in [2.05, 4.69) is 29.3 Å². The Morgan fingerprint density at radius 2 is 2.05 bits per heavy atom. The summed E-state index contributed by atoms with van der Waals surface area (Å²) < 4.78 is 6.04. The van der Waals surface area contributed by atoms with Gasteiger partial charge in [0.05, 0.1) is 12.2 Å². The molecule has 1 aliphatic heterocycles. The maximum absolute atomic E-state index is 11.8. The third-order valence-corrected chi connectivity index (χ3v) is 4.10. The number of carbonyl (C=O) groups excluding carboxylic acids is 1.